The van der Waals surface area contributed by atoms with Crippen molar-refractivity contribution in [2.24, 2.45) is 29.6 Å². The molecule has 1 aliphatic heterocycles. The van der Waals surface area contributed by atoms with Gasteiger partial charge in [-0.1, -0.05) is 25.4 Å². The lowest BCUT2D eigenvalue weighted by Gasteiger charge is -2.28. The second-order valence-corrected chi connectivity index (χ2v) is 10.5. The molecule has 0 radical (unpaired) electrons. The van der Waals surface area contributed by atoms with Crippen LogP contribution in [0.1, 0.15) is 38.7 Å². The van der Waals surface area contributed by atoms with Crippen molar-refractivity contribution in [1.29, 1.82) is 0 Å². The Morgan fingerprint density at radius 3 is 2.34 bits per heavy atom. The zero-order valence-corrected chi connectivity index (χ0v) is 20.5. The van der Waals surface area contributed by atoms with Crippen LogP contribution in [0, 0.1) is 36.5 Å². The van der Waals surface area contributed by atoms with Crippen molar-refractivity contribution in [1.82, 2.24) is 4.90 Å². The highest BCUT2D eigenvalue weighted by molar-refractivity contribution is 9.10. The Hall–Kier alpha value is -1.93. The summed E-state index contributed by atoms with van der Waals surface area (Å²) >= 11 is 9.51. The van der Waals surface area contributed by atoms with Gasteiger partial charge in [0.25, 0.3) is 5.91 Å². The molecule has 3 fully saturated rings. The van der Waals surface area contributed by atoms with E-state index in [0.29, 0.717) is 20.7 Å². The minimum Gasteiger partial charge on any atom is -0.454 e. The Kier molecular flexibility index (Phi) is 6.38. The molecule has 1 saturated heterocycles. The topological polar surface area (TPSA) is 92.8 Å². The van der Waals surface area contributed by atoms with Gasteiger partial charge in [-0.05, 0) is 77.6 Å². The van der Waals surface area contributed by atoms with Crippen LogP contribution in [0.15, 0.2) is 16.6 Å². The van der Waals surface area contributed by atoms with Crippen LogP contribution in [0.25, 0.3) is 0 Å². The van der Waals surface area contributed by atoms with Crippen molar-refractivity contribution in [3.05, 3.63) is 27.2 Å². The molecule has 3 aliphatic rings. The number of hydrogen-bond donors (Lipinski definition) is 1. The lowest BCUT2D eigenvalue weighted by molar-refractivity contribution is -0.162. The number of esters is 1. The van der Waals surface area contributed by atoms with Gasteiger partial charge in [0.15, 0.2) is 6.61 Å². The summed E-state index contributed by atoms with van der Waals surface area (Å²) in [5, 5.41) is 3.15. The molecule has 2 saturated carbocycles. The third kappa shape index (κ3) is 3.85. The van der Waals surface area contributed by atoms with Gasteiger partial charge in [-0.15, -0.1) is 0 Å². The number of halogens is 2. The van der Waals surface area contributed by atoms with Crippen LogP contribution < -0.4 is 5.32 Å². The fraction of sp³-hybridized carbons (Fsp3) is 0.565. The van der Waals surface area contributed by atoms with Crippen LogP contribution in [0.5, 0.6) is 0 Å². The number of nitrogens with zero attached hydrogens (tertiary/aromatic N) is 1. The zero-order chi connectivity index (χ0) is 23.3. The van der Waals surface area contributed by atoms with E-state index in [2.05, 4.69) is 21.2 Å². The van der Waals surface area contributed by atoms with E-state index in [1.807, 2.05) is 0 Å². The number of likely N-dealkylation sites (tertiary alicyclic amines) is 1. The summed E-state index contributed by atoms with van der Waals surface area (Å²) in [6.07, 6.45) is 2.86. The van der Waals surface area contributed by atoms with E-state index in [4.69, 9.17) is 16.3 Å². The van der Waals surface area contributed by atoms with Crippen molar-refractivity contribution < 1.29 is 23.9 Å². The first-order valence-corrected chi connectivity index (χ1v) is 12.1. The maximum atomic E-state index is 13.1. The Morgan fingerprint density at radius 1 is 1.19 bits per heavy atom. The molecule has 0 spiro atoms. The van der Waals surface area contributed by atoms with Crippen molar-refractivity contribution in [3.63, 3.8) is 0 Å². The minimum absolute atomic E-state index is 0.238. The molecule has 0 unspecified atom stereocenters. The highest BCUT2D eigenvalue weighted by Crippen LogP contribution is 2.56. The van der Waals surface area contributed by atoms with Gasteiger partial charge in [0.05, 0.1) is 16.9 Å². The van der Waals surface area contributed by atoms with Crippen LogP contribution >= 0.6 is 27.5 Å². The molecule has 1 N–H and O–H groups in total. The summed E-state index contributed by atoms with van der Waals surface area (Å²) in [7, 11) is 0. The average Bonchev–Trinajstić information content (AvgIpc) is 3.42. The van der Waals surface area contributed by atoms with Crippen LogP contribution in [0.4, 0.5) is 5.69 Å². The number of rotatable bonds is 6. The Balaban J connectivity index is 1.42. The van der Waals surface area contributed by atoms with Crippen molar-refractivity contribution >= 4 is 56.9 Å². The molecular weight excluding hydrogens is 500 g/mol. The van der Waals surface area contributed by atoms with Crippen LogP contribution in [0.3, 0.4) is 0 Å². The number of hydrogen-bond acceptors (Lipinski definition) is 5. The maximum Gasteiger partial charge on any atom is 0.330 e. The number of nitrogens with one attached hydrogen (secondary N) is 1. The summed E-state index contributed by atoms with van der Waals surface area (Å²) in [6, 6.07) is 2.37. The minimum atomic E-state index is -1.03. The van der Waals surface area contributed by atoms with Gasteiger partial charge < -0.3 is 10.1 Å². The normalized spacial score (nSPS) is 27.1. The van der Waals surface area contributed by atoms with Crippen LogP contribution in [-0.2, 0) is 23.9 Å². The van der Waals surface area contributed by atoms with E-state index in [0.717, 1.165) is 24.2 Å². The van der Waals surface area contributed by atoms with Gasteiger partial charge in [-0.3, -0.25) is 19.3 Å². The quantitative estimate of drug-likeness (QED) is 0.448. The predicted octanol–water partition coefficient (Wildman–Crippen LogP) is 3.95. The van der Waals surface area contributed by atoms with E-state index in [-0.39, 0.29) is 41.4 Å². The summed E-state index contributed by atoms with van der Waals surface area (Å²) in [5.74, 6) is -2.25. The summed E-state index contributed by atoms with van der Waals surface area (Å²) in [5.41, 5.74) is 1.18. The second kappa shape index (κ2) is 8.78. The van der Waals surface area contributed by atoms with Gasteiger partial charge in [0.2, 0.25) is 11.8 Å². The van der Waals surface area contributed by atoms with E-state index in [1.54, 1.807) is 32.9 Å². The van der Waals surface area contributed by atoms with E-state index >= 15 is 0 Å². The molecular formula is C23H26BrClN2O5. The molecule has 0 aromatic heterocycles. The lowest BCUT2D eigenvalue weighted by Crippen LogP contribution is -2.50. The molecule has 2 bridgehead atoms. The molecule has 2 aliphatic carbocycles. The molecule has 1 aromatic carbocycles. The Bertz CT molecular complexity index is 969. The highest BCUT2D eigenvalue weighted by atomic mass is 79.9. The number of fused-ring (bicyclic) bond motifs is 5. The third-order valence-corrected chi connectivity index (χ3v) is 8.45. The summed E-state index contributed by atoms with van der Waals surface area (Å²) < 4.78 is 5.96. The second-order valence-electron chi connectivity index (χ2n) is 9.31. The zero-order valence-electron chi connectivity index (χ0n) is 18.2. The van der Waals surface area contributed by atoms with Gasteiger partial charge >= 0.3 is 5.97 Å². The monoisotopic (exact) mass is 524 g/mol. The van der Waals surface area contributed by atoms with Crippen molar-refractivity contribution in [3.8, 4) is 0 Å². The standard InChI is InChI=1S/C23H26BrClN2O5/c1-10(2)20(27-21(29)17-12-4-5-13(8-12)18(17)22(27)30)23(31)32-9-16(28)26-15-7-6-14(24)19(25)11(15)3/h6-7,10,12-13,17-18,20H,4-5,8-9H2,1-3H3,(H,26,28)/t12-,13-,17+,18+,20-/m0/s1. The molecule has 5 atom stereocenters. The van der Waals surface area contributed by atoms with Gasteiger partial charge in [0.1, 0.15) is 6.04 Å². The number of carbonyl (C=O) groups is 4. The summed E-state index contributed by atoms with van der Waals surface area (Å²) in [4.78, 5) is 52.6. The number of ether oxygens (including phenoxy) is 1. The largest absolute Gasteiger partial charge is 0.454 e. The first kappa shape index (κ1) is 23.2. The number of amides is 3. The molecule has 1 heterocycles. The van der Waals surface area contributed by atoms with Gasteiger partial charge in [0, 0.05) is 10.2 Å². The SMILES string of the molecule is Cc1c(NC(=O)COC(=O)[C@H](C(C)C)N2C(=O)[C@@H]3[C@H]4CC[C@@H](C4)[C@H]3C2=O)ccc(Br)c1Cl. The molecule has 1 aromatic rings. The Morgan fingerprint density at radius 2 is 1.78 bits per heavy atom. The molecule has 32 heavy (non-hydrogen) atoms. The average molecular weight is 526 g/mol. The summed E-state index contributed by atoms with van der Waals surface area (Å²) in [6.45, 7) is 4.77. The number of anilines is 1. The fourth-order valence-corrected chi connectivity index (χ4v) is 6.17. The Labute approximate surface area is 200 Å². The molecule has 4 rings (SSSR count). The smallest absolute Gasteiger partial charge is 0.330 e. The molecule has 9 heteroatoms. The van der Waals surface area contributed by atoms with E-state index in [9.17, 15) is 19.2 Å². The van der Waals surface area contributed by atoms with Crippen molar-refractivity contribution in [2.75, 3.05) is 11.9 Å². The van der Waals surface area contributed by atoms with E-state index in [1.165, 1.54) is 0 Å². The van der Waals surface area contributed by atoms with Crippen LogP contribution in [-0.4, -0.2) is 41.2 Å². The molecule has 7 nitrogen and oxygen atoms in total. The molecule has 172 valence electrons. The van der Waals surface area contributed by atoms with Crippen molar-refractivity contribution in [2.45, 2.75) is 46.1 Å². The number of carbonyl (C=O) groups excluding carboxylic acids is 4. The maximum absolute atomic E-state index is 13.1. The predicted molar refractivity (Wildman–Crippen MR) is 122 cm³/mol. The van der Waals surface area contributed by atoms with E-state index < -0.39 is 24.5 Å². The van der Waals surface area contributed by atoms with Crippen LogP contribution in [0.2, 0.25) is 5.02 Å². The van der Waals surface area contributed by atoms with Gasteiger partial charge in [-0.25, -0.2) is 4.79 Å². The molecule has 3 amide bonds. The number of imide groups is 1. The fourth-order valence-electron chi connectivity index (χ4n) is 5.58. The highest BCUT2D eigenvalue weighted by Gasteiger charge is 2.62. The third-order valence-electron chi connectivity index (χ3n) is 7.07. The first-order chi connectivity index (χ1) is 15.1. The van der Waals surface area contributed by atoms with Gasteiger partial charge in [-0.2, -0.15) is 0 Å². The first-order valence-electron chi connectivity index (χ1n) is 10.9. The number of benzene rings is 1. The lowest BCUT2D eigenvalue weighted by atomic mass is 9.81.